The molecule has 2 saturated heterocycles. The van der Waals surface area contributed by atoms with E-state index in [0.29, 0.717) is 48.0 Å². The van der Waals surface area contributed by atoms with Gasteiger partial charge in [-0.15, -0.1) is 0 Å². The van der Waals surface area contributed by atoms with Gasteiger partial charge in [0.15, 0.2) is 0 Å². The molecule has 11 nitrogen and oxygen atoms in total. The van der Waals surface area contributed by atoms with Crippen molar-refractivity contribution in [2.24, 2.45) is 0 Å². The Labute approximate surface area is 227 Å². The maximum atomic E-state index is 13.5. The van der Waals surface area contributed by atoms with Crippen molar-refractivity contribution in [1.29, 1.82) is 0 Å². The van der Waals surface area contributed by atoms with Gasteiger partial charge in [-0.05, 0) is 38.0 Å². The lowest BCUT2D eigenvalue weighted by atomic mass is 9.93. The maximum absolute atomic E-state index is 13.5. The molecule has 0 radical (unpaired) electrons. The third kappa shape index (κ3) is 5.37. The number of aryl methyl sites for hydroxylation is 1. The fraction of sp³-hybridized carbons (Fsp3) is 0.464. The van der Waals surface area contributed by atoms with Gasteiger partial charge >= 0.3 is 5.97 Å². The monoisotopic (exact) mass is 541 g/mol. The van der Waals surface area contributed by atoms with Crippen molar-refractivity contribution < 1.29 is 38.4 Å². The fourth-order valence-corrected chi connectivity index (χ4v) is 5.31. The van der Waals surface area contributed by atoms with Crippen molar-refractivity contribution in [2.45, 2.75) is 26.3 Å². The van der Waals surface area contributed by atoms with E-state index in [0.717, 1.165) is 19.6 Å². The van der Waals surface area contributed by atoms with Crippen molar-refractivity contribution in [1.82, 2.24) is 14.8 Å². The van der Waals surface area contributed by atoms with Crippen LogP contribution in [0.15, 0.2) is 23.8 Å². The second kappa shape index (κ2) is 11.9. The number of aliphatic hydroxyl groups excluding tert-OH is 1. The number of Topliss-reactive ketones (excluding diaryl/α,β-unsaturated/α-hetero) is 1. The quantitative estimate of drug-likeness (QED) is 0.213. The molecule has 0 saturated carbocycles. The topological polar surface area (TPSA) is 131 Å². The molecule has 39 heavy (non-hydrogen) atoms. The molecule has 0 bridgehead atoms. The van der Waals surface area contributed by atoms with Gasteiger partial charge in [-0.3, -0.25) is 14.5 Å². The first-order valence-corrected chi connectivity index (χ1v) is 12.8. The van der Waals surface area contributed by atoms with Gasteiger partial charge in [-0.1, -0.05) is 0 Å². The molecular formula is C28H35N3O8. The molecule has 11 heteroatoms. The number of morpholine rings is 1. The lowest BCUT2D eigenvalue weighted by Crippen LogP contribution is -2.39. The lowest BCUT2D eigenvalue weighted by Gasteiger charge is -2.29. The molecule has 1 aromatic carbocycles. The van der Waals surface area contributed by atoms with Crippen LogP contribution in [0, 0.1) is 13.8 Å². The smallest absolute Gasteiger partial charge is 0.354 e. The van der Waals surface area contributed by atoms with Crippen molar-refractivity contribution in [3.05, 3.63) is 51.9 Å². The van der Waals surface area contributed by atoms with Gasteiger partial charge in [0.1, 0.15) is 23.0 Å². The Morgan fingerprint density at radius 1 is 1.10 bits per heavy atom. The molecule has 1 amide bonds. The summed E-state index contributed by atoms with van der Waals surface area (Å²) in [4.78, 5) is 45.9. The summed E-state index contributed by atoms with van der Waals surface area (Å²) in [7, 11) is 4.28. The number of methoxy groups -OCH3 is 3. The fourth-order valence-electron chi connectivity index (χ4n) is 5.31. The minimum atomic E-state index is -0.911. The molecule has 210 valence electrons. The van der Waals surface area contributed by atoms with E-state index >= 15 is 0 Å². The number of esters is 1. The Balaban J connectivity index is 1.81. The number of benzene rings is 1. The number of carbonyl (C=O) groups is 3. The van der Waals surface area contributed by atoms with E-state index in [1.54, 1.807) is 32.0 Å². The molecule has 2 aromatic rings. The molecule has 2 N–H and O–H groups in total. The summed E-state index contributed by atoms with van der Waals surface area (Å²) < 4.78 is 21.2. The number of amides is 1. The number of nitrogens with one attached hydrogen (secondary N) is 1. The van der Waals surface area contributed by atoms with Crippen LogP contribution < -0.4 is 9.47 Å². The highest BCUT2D eigenvalue weighted by atomic mass is 16.5. The van der Waals surface area contributed by atoms with Crippen LogP contribution in [0.2, 0.25) is 0 Å². The second-order valence-corrected chi connectivity index (χ2v) is 9.52. The van der Waals surface area contributed by atoms with Crippen LogP contribution in [0.5, 0.6) is 11.5 Å². The van der Waals surface area contributed by atoms with Crippen LogP contribution in [-0.4, -0.2) is 98.3 Å². The first kappa shape index (κ1) is 28.2. The molecule has 3 heterocycles. The normalized spacial score (nSPS) is 19.4. The lowest BCUT2D eigenvalue weighted by molar-refractivity contribution is -0.140. The summed E-state index contributed by atoms with van der Waals surface area (Å²) in [6, 6.07) is 4.21. The van der Waals surface area contributed by atoms with E-state index in [2.05, 4.69) is 9.88 Å². The number of hydrogen-bond donors (Lipinski definition) is 2. The van der Waals surface area contributed by atoms with E-state index < -0.39 is 23.7 Å². The van der Waals surface area contributed by atoms with E-state index in [-0.39, 0.29) is 29.1 Å². The molecule has 4 rings (SSSR count). The number of hydrogen-bond acceptors (Lipinski definition) is 9. The first-order valence-electron chi connectivity index (χ1n) is 12.8. The Morgan fingerprint density at radius 2 is 1.82 bits per heavy atom. The number of rotatable bonds is 9. The van der Waals surface area contributed by atoms with Crippen LogP contribution in [0.25, 0.3) is 5.76 Å². The molecule has 2 fully saturated rings. The zero-order valence-electron chi connectivity index (χ0n) is 23.0. The van der Waals surface area contributed by atoms with Gasteiger partial charge < -0.3 is 33.9 Å². The average Bonchev–Trinajstić information content (AvgIpc) is 3.39. The van der Waals surface area contributed by atoms with Crippen molar-refractivity contribution in [2.75, 3.05) is 60.7 Å². The summed E-state index contributed by atoms with van der Waals surface area (Å²) >= 11 is 0. The molecule has 2 aliphatic rings. The summed E-state index contributed by atoms with van der Waals surface area (Å²) in [5.41, 5.74) is 1.77. The number of H-pyrrole nitrogens is 1. The second-order valence-electron chi connectivity index (χ2n) is 9.52. The van der Waals surface area contributed by atoms with Crippen LogP contribution in [-0.2, 0) is 19.1 Å². The van der Waals surface area contributed by atoms with Crippen LogP contribution in [0.3, 0.4) is 0 Å². The van der Waals surface area contributed by atoms with E-state index in [1.807, 2.05) is 0 Å². The Morgan fingerprint density at radius 3 is 2.46 bits per heavy atom. The average molecular weight is 542 g/mol. The number of aromatic nitrogens is 1. The highest BCUT2D eigenvalue weighted by Gasteiger charge is 2.47. The minimum Gasteiger partial charge on any atom is -0.507 e. The molecular weight excluding hydrogens is 506 g/mol. The number of ether oxygens (including phenoxy) is 4. The first-order chi connectivity index (χ1) is 18.7. The summed E-state index contributed by atoms with van der Waals surface area (Å²) in [5.74, 6) is -1.54. The molecule has 0 spiro atoms. The largest absolute Gasteiger partial charge is 0.507 e. The van der Waals surface area contributed by atoms with Gasteiger partial charge in [-0.2, -0.15) is 0 Å². The van der Waals surface area contributed by atoms with Crippen molar-refractivity contribution >= 4 is 23.4 Å². The van der Waals surface area contributed by atoms with E-state index in [1.165, 1.54) is 26.2 Å². The van der Waals surface area contributed by atoms with Gasteiger partial charge in [-0.25, -0.2) is 4.79 Å². The highest BCUT2D eigenvalue weighted by molar-refractivity contribution is 6.46. The molecule has 1 atom stereocenters. The number of aliphatic hydroxyl groups is 1. The standard InChI is InChI=1S/C28H35N3O8/c1-16-21(17(2)29-23(16)28(35)38-5)25(32)22-24(19-8-7-18(36-3)15-20(19)37-4)31(27(34)26(22)33)10-6-9-30-11-13-39-14-12-30/h7-8,15,24,29,32H,6,9-14H2,1-5H3/t24-/m0/s1. The summed E-state index contributed by atoms with van der Waals surface area (Å²) in [6.07, 6.45) is 0.622. The van der Waals surface area contributed by atoms with Gasteiger partial charge in [0.2, 0.25) is 0 Å². The van der Waals surface area contributed by atoms with E-state index in [9.17, 15) is 19.5 Å². The number of likely N-dealkylation sites (tertiary alicyclic amines) is 1. The molecule has 0 unspecified atom stereocenters. The van der Waals surface area contributed by atoms with Crippen LogP contribution in [0.1, 0.15) is 45.3 Å². The molecule has 1 aromatic heterocycles. The number of nitrogens with zero attached hydrogens (tertiary/aromatic N) is 2. The highest BCUT2D eigenvalue weighted by Crippen LogP contribution is 2.44. The Hall–Kier alpha value is -3.83. The van der Waals surface area contributed by atoms with Gasteiger partial charge in [0.25, 0.3) is 11.7 Å². The number of ketones is 1. The van der Waals surface area contributed by atoms with Crippen LogP contribution in [0.4, 0.5) is 0 Å². The van der Waals surface area contributed by atoms with Gasteiger partial charge in [0.05, 0.1) is 46.2 Å². The maximum Gasteiger partial charge on any atom is 0.354 e. The van der Waals surface area contributed by atoms with E-state index in [4.69, 9.17) is 18.9 Å². The summed E-state index contributed by atoms with van der Waals surface area (Å²) in [6.45, 7) is 7.29. The number of aromatic amines is 1. The van der Waals surface area contributed by atoms with Gasteiger partial charge in [0, 0.05) is 49.1 Å². The predicted octanol–water partition coefficient (Wildman–Crippen LogP) is 2.58. The third-order valence-electron chi connectivity index (χ3n) is 7.32. The SMILES string of the molecule is COC(=O)c1[nH]c(C)c(C(O)=C2C(=O)C(=O)N(CCCN3CCOCC3)[C@H]2c2ccc(OC)cc2OC)c1C. The summed E-state index contributed by atoms with van der Waals surface area (Å²) in [5, 5.41) is 11.6. The minimum absolute atomic E-state index is 0.0727. The van der Waals surface area contributed by atoms with Crippen molar-refractivity contribution in [3.8, 4) is 11.5 Å². The Bertz CT molecular complexity index is 1290. The zero-order chi connectivity index (χ0) is 28.3. The zero-order valence-corrected chi connectivity index (χ0v) is 23.0. The molecule has 0 aliphatic carbocycles. The third-order valence-corrected chi connectivity index (χ3v) is 7.32. The number of carbonyl (C=O) groups excluding carboxylic acids is 3. The van der Waals surface area contributed by atoms with Crippen LogP contribution >= 0.6 is 0 Å². The predicted molar refractivity (Wildman–Crippen MR) is 142 cm³/mol. The van der Waals surface area contributed by atoms with Crippen molar-refractivity contribution in [3.63, 3.8) is 0 Å². The Kier molecular flexibility index (Phi) is 8.61. The molecule has 2 aliphatic heterocycles.